The van der Waals surface area contributed by atoms with Gasteiger partial charge >= 0.3 is 6.03 Å². The Morgan fingerprint density at radius 2 is 1.55 bits per heavy atom. The molecule has 0 bridgehead atoms. The molecule has 31 heavy (non-hydrogen) atoms. The molecule has 2 aliphatic rings. The Morgan fingerprint density at radius 3 is 2.16 bits per heavy atom. The van der Waals surface area contributed by atoms with Crippen molar-refractivity contribution in [1.82, 2.24) is 9.80 Å². The summed E-state index contributed by atoms with van der Waals surface area (Å²) in [6.45, 7) is 3.95. The zero-order valence-electron chi connectivity index (χ0n) is 18.6. The van der Waals surface area contributed by atoms with E-state index in [1.165, 1.54) is 0 Å². The maximum absolute atomic E-state index is 14.1. The van der Waals surface area contributed by atoms with Gasteiger partial charge in [-0.25, -0.2) is 13.2 Å². The van der Waals surface area contributed by atoms with Gasteiger partial charge in [0.2, 0.25) is 0 Å². The smallest absolute Gasteiger partial charge is 0.321 e. The van der Waals surface area contributed by atoms with Crippen LogP contribution >= 0.6 is 0 Å². The van der Waals surface area contributed by atoms with Crippen LogP contribution in [0.2, 0.25) is 0 Å². The minimum atomic E-state index is -3.74. The van der Waals surface area contributed by atoms with Crippen molar-refractivity contribution < 1.29 is 13.2 Å². The van der Waals surface area contributed by atoms with Crippen LogP contribution in [0, 0.1) is 12.8 Å². The van der Waals surface area contributed by atoms with Crippen LogP contribution in [0.3, 0.4) is 0 Å². The second-order valence-corrected chi connectivity index (χ2v) is 11.1. The molecule has 1 saturated heterocycles. The highest BCUT2D eigenvalue weighted by atomic mass is 32.2. The second kappa shape index (κ2) is 8.65. The molecule has 0 radical (unpaired) electrons. The molecule has 3 atom stereocenters. The van der Waals surface area contributed by atoms with Crippen LogP contribution in [0.4, 0.5) is 4.79 Å². The molecule has 4 rings (SSSR count). The molecule has 2 aromatic rings. The highest BCUT2D eigenvalue weighted by molar-refractivity contribution is 7.92. The summed E-state index contributed by atoms with van der Waals surface area (Å²) in [5.74, 6) is -0.0612. The summed E-state index contributed by atoms with van der Waals surface area (Å²) in [4.78, 5) is 17.2. The van der Waals surface area contributed by atoms with Crippen molar-refractivity contribution in [3.8, 4) is 0 Å². The third-order valence-corrected chi connectivity index (χ3v) is 9.20. The normalized spacial score (nSPS) is 23.9. The van der Waals surface area contributed by atoms with E-state index in [2.05, 4.69) is 0 Å². The summed E-state index contributed by atoms with van der Waals surface area (Å²) in [6, 6.07) is 16.3. The predicted molar refractivity (Wildman–Crippen MR) is 122 cm³/mol. The molecule has 6 heteroatoms. The fourth-order valence-corrected chi connectivity index (χ4v) is 7.29. The van der Waals surface area contributed by atoms with Crippen molar-refractivity contribution in [3.63, 3.8) is 0 Å². The molecule has 0 N–H and O–H groups in total. The van der Waals surface area contributed by atoms with Gasteiger partial charge in [0.1, 0.15) is 5.37 Å². The molecule has 0 spiro atoms. The highest BCUT2D eigenvalue weighted by Crippen LogP contribution is 2.43. The van der Waals surface area contributed by atoms with Crippen LogP contribution in [0.5, 0.6) is 0 Å². The zero-order valence-corrected chi connectivity index (χ0v) is 19.4. The van der Waals surface area contributed by atoms with Crippen molar-refractivity contribution in [2.75, 3.05) is 7.05 Å². The van der Waals surface area contributed by atoms with Crippen LogP contribution in [0.1, 0.15) is 56.2 Å². The minimum absolute atomic E-state index is 0.0612. The Labute approximate surface area is 186 Å². The Hall–Kier alpha value is -2.34. The molecule has 2 amide bonds. The van der Waals surface area contributed by atoms with Crippen molar-refractivity contribution in [2.45, 2.75) is 68.3 Å². The lowest BCUT2D eigenvalue weighted by Crippen LogP contribution is -2.49. The maximum Gasteiger partial charge on any atom is 0.321 e. The van der Waals surface area contributed by atoms with Crippen LogP contribution in [0.15, 0.2) is 59.5 Å². The SMILES string of the molecule is Cc1ccc(S(=O)(=O)[C@H](C2CCCCC2)N2C(=O)N(C)[C@@H](C)[C@@H]2c2ccccc2)cc1. The Morgan fingerprint density at radius 1 is 0.935 bits per heavy atom. The molecular weight excluding hydrogens is 408 g/mol. The molecular formula is C25H32N2O3S. The van der Waals surface area contributed by atoms with E-state index < -0.39 is 15.2 Å². The van der Waals surface area contributed by atoms with Crippen molar-refractivity contribution in [2.24, 2.45) is 5.92 Å². The number of hydrogen-bond donors (Lipinski definition) is 0. The average molecular weight is 441 g/mol. The third-order valence-electron chi connectivity index (χ3n) is 7.03. The Kier molecular flexibility index (Phi) is 6.11. The van der Waals surface area contributed by atoms with E-state index in [-0.39, 0.29) is 24.0 Å². The third kappa shape index (κ3) is 3.98. The van der Waals surface area contributed by atoms with Gasteiger partial charge in [0.25, 0.3) is 0 Å². The molecule has 0 unspecified atom stereocenters. The number of hydrogen-bond acceptors (Lipinski definition) is 3. The van der Waals surface area contributed by atoms with E-state index in [9.17, 15) is 13.2 Å². The van der Waals surface area contributed by atoms with Gasteiger partial charge in [-0.2, -0.15) is 0 Å². The highest BCUT2D eigenvalue weighted by Gasteiger charge is 2.52. The fraction of sp³-hybridized carbons (Fsp3) is 0.480. The molecule has 5 nitrogen and oxygen atoms in total. The number of sulfone groups is 1. The molecule has 166 valence electrons. The van der Waals surface area contributed by atoms with Crippen molar-refractivity contribution in [3.05, 3.63) is 65.7 Å². The first kappa shape index (κ1) is 21.9. The van der Waals surface area contributed by atoms with E-state index in [4.69, 9.17) is 0 Å². The van der Waals surface area contributed by atoms with Gasteiger partial charge in [0.05, 0.1) is 17.0 Å². The van der Waals surface area contributed by atoms with Gasteiger partial charge in [-0.15, -0.1) is 0 Å². The Balaban J connectivity index is 1.85. The first-order valence-corrected chi connectivity index (χ1v) is 12.8. The number of rotatable bonds is 5. The topological polar surface area (TPSA) is 57.7 Å². The first-order valence-electron chi connectivity index (χ1n) is 11.2. The van der Waals surface area contributed by atoms with Crippen LogP contribution in [0.25, 0.3) is 0 Å². The second-order valence-electron chi connectivity index (χ2n) is 9.04. The molecule has 1 aliphatic heterocycles. The van der Waals surface area contributed by atoms with E-state index in [1.54, 1.807) is 29.0 Å². The largest absolute Gasteiger partial charge is 0.323 e. The van der Waals surface area contributed by atoms with Crippen molar-refractivity contribution >= 4 is 15.9 Å². The summed E-state index contributed by atoms with van der Waals surface area (Å²) in [5, 5.41) is -0.861. The number of aryl methyl sites for hydroxylation is 1. The van der Waals surface area contributed by atoms with E-state index in [0.29, 0.717) is 4.90 Å². The fourth-order valence-electron chi connectivity index (χ4n) is 5.19. The minimum Gasteiger partial charge on any atom is -0.323 e. The predicted octanol–water partition coefficient (Wildman–Crippen LogP) is 5.17. The number of likely N-dealkylation sites (N-methyl/N-ethyl adjacent to an activating group) is 1. The van der Waals surface area contributed by atoms with Gasteiger partial charge in [-0.05, 0) is 50.3 Å². The molecule has 0 aromatic heterocycles. The summed E-state index contributed by atoms with van der Waals surface area (Å²) >= 11 is 0. The molecule has 2 fully saturated rings. The van der Waals surface area contributed by atoms with E-state index >= 15 is 0 Å². The monoisotopic (exact) mass is 440 g/mol. The lowest BCUT2D eigenvalue weighted by molar-refractivity contribution is 0.154. The van der Waals surface area contributed by atoms with Gasteiger partial charge in [0.15, 0.2) is 9.84 Å². The summed E-state index contributed by atoms with van der Waals surface area (Å²) < 4.78 is 28.1. The van der Waals surface area contributed by atoms with Crippen molar-refractivity contribution in [1.29, 1.82) is 0 Å². The van der Waals surface area contributed by atoms with E-state index in [1.807, 2.05) is 56.3 Å². The molecule has 1 heterocycles. The number of carbonyl (C=O) groups excluding carboxylic acids is 1. The number of benzene rings is 2. The molecule has 2 aromatic carbocycles. The first-order chi connectivity index (χ1) is 14.8. The maximum atomic E-state index is 14.1. The number of carbonyl (C=O) groups is 1. The zero-order chi connectivity index (χ0) is 22.2. The number of nitrogens with zero attached hydrogens (tertiary/aromatic N) is 2. The van der Waals surface area contributed by atoms with Gasteiger partial charge in [-0.1, -0.05) is 67.3 Å². The lowest BCUT2D eigenvalue weighted by atomic mass is 9.88. The van der Waals surface area contributed by atoms with Crippen LogP contribution in [-0.2, 0) is 9.84 Å². The standard InChI is InChI=1S/C25H32N2O3S/c1-18-14-16-22(17-15-18)31(29,30)24(21-12-8-5-9-13-21)27-23(19(2)26(3)25(27)28)20-10-6-4-7-11-20/h4,6-7,10-11,14-17,19,21,23-24H,5,8-9,12-13H2,1-3H3/t19-,23+,24+/m0/s1. The average Bonchev–Trinajstić information content (AvgIpc) is 2.99. The van der Waals surface area contributed by atoms with Gasteiger partial charge in [-0.3, -0.25) is 4.90 Å². The summed E-state index contributed by atoms with van der Waals surface area (Å²) in [7, 11) is -1.97. The quantitative estimate of drug-likeness (QED) is 0.644. The molecule has 1 saturated carbocycles. The van der Waals surface area contributed by atoms with Gasteiger partial charge < -0.3 is 4.90 Å². The summed E-state index contributed by atoms with van der Waals surface area (Å²) in [6.07, 6.45) is 4.81. The number of amides is 2. The Bertz CT molecular complexity index is 1010. The summed E-state index contributed by atoms with van der Waals surface area (Å²) in [5.41, 5.74) is 1.99. The van der Waals surface area contributed by atoms with E-state index in [0.717, 1.165) is 43.2 Å². The van der Waals surface area contributed by atoms with Crippen LogP contribution < -0.4 is 0 Å². The van der Waals surface area contributed by atoms with Crippen LogP contribution in [-0.4, -0.2) is 42.7 Å². The lowest BCUT2D eigenvalue weighted by Gasteiger charge is -2.39. The van der Waals surface area contributed by atoms with Gasteiger partial charge in [0, 0.05) is 7.05 Å². The molecule has 1 aliphatic carbocycles. The number of urea groups is 1.